The van der Waals surface area contributed by atoms with Crippen LogP contribution in [0.3, 0.4) is 0 Å². The van der Waals surface area contributed by atoms with E-state index in [0.717, 1.165) is 0 Å². The molecule has 6 heteroatoms. The van der Waals surface area contributed by atoms with Crippen molar-refractivity contribution in [1.29, 1.82) is 0 Å². The van der Waals surface area contributed by atoms with E-state index in [4.69, 9.17) is 5.73 Å². The average molecular weight is 217 g/mol. The molecule has 0 spiro atoms. The van der Waals surface area contributed by atoms with Gasteiger partial charge in [0.05, 0.1) is 5.60 Å². The second kappa shape index (κ2) is 3.98. The Morgan fingerprint density at radius 3 is 2.60 bits per heavy atom. The molecule has 0 bridgehead atoms. The topological polar surface area (TPSA) is 71.2 Å². The number of nitrogens with one attached hydrogen (secondary N) is 1. The maximum atomic E-state index is 13.1. The summed E-state index contributed by atoms with van der Waals surface area (Å²) in [6.45, 7) is 3.18. The molecule has 15 heavy (non-hydrogen) atoms. The number of rotatable bonds is 3. The van der Waals surface area contributed by atoms with Crippen LogP contribution in [0.15, 0.2) is 6.07 Å². The van der Waals surface area contributed by atoms with Gasteiger partial charge in [0, 0.05) is 12.6 Å². The molecule has 0 aromatic carbocycles. The number of hydrogen-bond acceptors (Lipinski definition) is 4. The Morgan fingerprint density at radius 1 is 1.47 bits per heavy atom. The summed E-state index contributed by atoms with van der Waals surface area (Å²) in [7, 11) is 0. The van der Waals surface area contributed by atoms with E-state index in [-0.39, 0.29) is 18.2 Å². The highest BCUT2D eigenvalue weighted by molar-refractivity contribution is 5.44. The lowest BCUT2D eigenvalue weighted by atomic mass is 10.1. The molecule has 4 N–H and O–H groups in total. The van der Waals surface area contributed by atoms with Crippen LogP contribution in [0.25, 0.3) is 0 Å². The standard InChI is InChI=1S/C9H13F2N3O/c1-9(2,15)4-13-8-6(11)3-5(10)7(12)14-8/h3,15H,4H2,1-2H3,(H3,12,13,14). The minimum atomic E-state index is -1.02. The Morgan fingerprint density at radius 2 is 2.07 bits per heavy atom. The number of anilines is 2. The third kappa shape index (κ3) is 3.32. The van der Waals surface area contributed by atoms with E-state index in [9.17, 15) is 13.9 Å². The zero-order valence-electron chi connectivity index (χ0n) is 8.51. The zero-order chi connectivity index (χ0) is 11.6. The highest BCUT2D eigenvalue weighted by Crippen LogP contribution is 2.17. The predicted molar refractivity (Wildman–Crippen MR) is 53.4 cm³/mol. The van der Waals surface area contributed by atoms with Crippen molar-refractivity contribution in [2.75, 3.05) is 17.6 Å². The fraction of sp³-hybridized carbons (Fsp3) is 0.444. The maximum Gasteiger partial charge on any atom is 0.168 e. The SMILES string of the molecule is CC(C)(O)CNc1nc(N)c(F)cc1F. The van der Waals surface area contributed by atoms with E-state index in [1.54, 1.807) is 13.8 Å². The molecule has 0 radical (unpaired) electrons. The molecule has 0 saturated carbocycles. The van der Waals surface area contributed by atoms with Crippen LogP contribution in [0.4, 0.5) is 20.4 Å². The van der Waals surface area contributed by atoms with Gasteiger partial charge in [-0.2, -0.15) is 0 Å². The van der Waals surface area contributed by atoms with Crippen molar-refractivity contribution in [1.82, 2.24) is 4.98 Å². The van der Waals surface area contributed by atoms with Gasteiger partial charge < -0.3 is 16.2 Å². The van der Waals surface area contributed by atoms with Crippen molar-refractivity contribution in [3.05, 3.63) is 17.7 Å². The first-order chi connectivity index (χ1) is 6.79. The predicted octanol–water partition coefficient (Wildman–Crippen LogP) is 1.12. The summed E-state index contributed by atoms with van der Waals surface area (Å²) in [5.41, 5.74) is 4.16. The minimum Gasteiger partial charge on any atom is -0.389 e. The molecule has 0 unspecified atom stereocenters. The minimum absolute atomic E-state index is 0.0853. The molecular weight excluding hydrogens is 204 g/mol. The summed E-state index contributed by atoms with van der Waals surface area (Å²) >= 11 is 0. The summed E-state index contributed by atoms with van der Waals surface area (Å²) in [4.78, 5) is 3.48. The number of nitrogens with zero attached hydrogens (tertiary/aromatic N) is 1. The molecule has 0 saturated heterocycles. The zero-order valence-corrected chi connectivity index (χ0v) is 8.51. The van der Waals surface area contributed by atoms with Gasteiger partial charge in [-0.05, 0) is 13.8 Å². The third-order valence-electron chi connectivity index (χ3n) is 1.65. The number of halogens is 2. The van der Waals surface area contributed by atoms with Crippen LogP contribution < -0.4 is 11.1 Å². The van der Waals surface area contributed by atoms with E-state index in [0.29, 0.717) is 6.07 Å². The lowest BCUT2D eigenvalue weighted by molar-refractivity contribution is 0.0943. The van der Waals surface area contributed by atoms with Gasteiger partial charge in [-0.15, -0.1) is 0 Å². The number of nitrogen functional groups attached to an aromatic ring is 1. The molecule has 84 valence electrons. The van der Waals surface area contributed by atoms with Crippen molar-refractivity contribution in [3.63, 3.8) is 0 Å². The van der Waals surface area contributed by atoms with Gasteiger partial charge >= 0.3 is 0 Å². The highest BCUT2D eigenvalue weighted by Gasteiger charge is 2.15. The number of nitrogens with two attached hydrogens (primary N) is 1. The Hall–Kier alpha value is -1.43. The Balaban J connectivity index is 2.82. The second-order valence-electron chi connectivity index (χ2n) is 3.85. The van der Waals surface area contributed by atoms with E-state index in [2.05, 4.69) is 10.3 Å². The number of aromatic nitrogens is 1. The van der Waals surface area contributed by atoms with Crippen LogP contribution in [0.5, 0.6) is 0 Å². The molecule has 0 fully saturated rings. The van der Waals surface area contributed by atoms with Crippen LogP contribution in [-0.2, 0) is 0 Å². The number of aliphatic hydroxyl groups is 1. The summed E-state index contributed by atoms with van der Waals surface area (Å²) in [5.74, 6) is -2.29. The average Bonchev–Trinajstić information content (AvgIpc) is 2.07. The first kappa shape index (κ1) is 11.6. The van der Waals surface area contributed by atoms with Crippen molar-refractivity contribution < 1.29 is 13.9 Å². The van der Waals surface area contributed by atoms with Crippen molar-refractivity contribution in [2.24, 2.45) is 0 Å². The maximum absolute atomic E-state index is 13.1. The van der Waals surface area contributed by atoms with Crippen molar-refractivity contribution >= 4 is 11.6 Å². The number of pyridine rings is 1. The molecule has 0 aliphatic carbocycles. The fourth-order valence-corrected chi connectivity index (χ4v) is 0.905. The first-order valence-electron chi connectivity index (χ1n) is 4.37. The van der Waals surface area contributed by atoms with Gasteiger partial charge in [-0.25, -0.2) is 13.8 Å². The molecule has 1 rings (SSSR count). The van der Waals surface area contributed by atoms with Crippen molar-refractivity contribution in [2.45, 2.75) is 19.4 Å². The molecule has 1 aromatic heterocycles. The smallest absolute Gasteiger partial charge is 0.168 e. The Kier molecular flexibility index (Phi) is 3.09. The number of hydrogen-bond donors (Lipinski definition) is 3. The van der Waals surface area contributed by atoms with E-state index in [1.807, 2.05) is 0 Å². The van der Waals surface area contributed by atoms with Gasteiger partial charge in [-0.3, -0.25) is 0 Å². The molecule has 1 aromatic rings. The lowest BCUT2D eigenvalue weighted by Crippen LogP contribution is -2.30. The molecule has 0 aliphatic heterocycles. The molecule has 0 atom stereocenters. The first-order valence-corrected chi connectivity index (χ1v) is 4.37. The van der Waals surface area contributed by atoms with E-state index >= 15 is 0 Å². The molecular formula is C9H13F2N3O. The monoisotopic (exact) mass is 217 g/mol. The second-order valence-corrected chi connectivity index (χ2v) is 3.85. The Bertz CT molecular complexity index is 363. The molecule has 4 nitrogen and oxygen atoms in total. The van der Waals surface area contributed by atoms with Gasteiger partial charge in [0.1, 0.15) is 0 Å². The van der Waals surface area contributed by atoms with Crippen LogP contribution in [0, 0.1) is 11.6 Å². The molecule has 1 heterocycles. The van der Waals surface area contributed by atoms with Gasteiger partial charge in [0.15, 0.2) is 23.3 Å². The third-order valence-corrected chi connectivity index (χ3v) is 1.65. The normalized spacial score (nSPS) is 11.5. The van der Waals surface area contributed by atoms with Gasteiger partial charge in [0.2, 0.25) is 0 Å². The van der Waals surface area contributed by atoms with Gasteiger partial charge in [0.25, 0.3) is 0 Å². The summed E-state index contributed by atoms with van der Waals surface area (Å²) in [5, 5.41) is 11.9. The van der Waals surface area contributed by atoms with Crippen LogP contribution in [0.1, 0.15) is 13.8 Å². The quantitative estimate of drug-likeness (QED) is 0.709. The van der Waals surface area contributed by atoms with Gasteiger partial charge in [-0.1, -0.05) is 0 Å². The van der Waals surface area contributed by atoms with Crippen LogP contribution >= 0.6 is 0 Å². The molecule has 0 amide bonds. The van der Waals surface area contributed by atoms with Crippen LogP contribution in [-0.4, -0.2) is 22.2 Å². The van der Waals surface area contributed by atoms with Crippen molar-refractivity contribution in [3.8, 4) is 0 Å². The van der Waals surface area contributed by atoms with Crippen LogP contribution in [0.2, 0.25) is 0 Å². The molecule has 0 aliphatic rings. The largest absolute Gasteiger partial charge is 0.389 e. The summed E-state index contributed by atoms with van der Waals surface area (Å²) < 4.78 is 25.8. The fourth-order valence-electron chi connectivity index (χ4n) is 0.905. The summed E-state index contributed by atoms with van der Waals surface area (Å²) in [6, 6.07) is 0.648. The lowest BCUT2D eigenvalue weighted by Gasteiger charge is -2.18. The van der Waals surface area contributed by atoms with E-state index < -0.39 is 17.2 Å². The van der Waals surface area contributed by atoms with E-state index in [1.165, 1.54) is 0 Å². The Labute approximate surface area is 86.1 Å². The summed E-state index contributed by atoms with van der Waals surface area (Å²) in [6.07, 6.45) is 0. The highest BCUT2D eigenvalue weighted by atomic mass is 19.1.